The zero-order chi connectivity index (χ0) is 9.14. The minimum Gasteiger partial charge on any atom is -0.504 e. The number of rotatable bonds is 2. The van der Waals surface area contributed by atoms with E-state index in [0.29, 0.717) is 5.56 Å². The number of aliphatic hydroxyl groups excluding tert-OH is 1. The number of aromatic hydroxyl groups is 2. The number of phenolic OH excluding ortho intramolecular Hbond substituents is 2. The van der Waals surface area contributed by atoms with Gasteiger partial charge in [0.2, 0.25) is 0 Å². The van der Waals surface area contributed by atoms with Crippen molar-refractivity contribution in [1.82, 2.24) is 0 Å². The molecule has 0 saturated heterocycles. The third-order valence-electron chi connectivity index (χ3n) is 1.48. The summed E-state index contributed by atoms with van der Waals surface area (Å²) in [6.45, 7) is 0. The molecule has 1 rings (SSSR count). The number of phenols is 2. The molecule has 1 aromatic carbocycles. The van der Waals surface area contributed by atoms with Crippen molar-refractivity contribution in [2.24, 2.45) is 5.73 Å². The van der Waals surface area contributed by atoms with Crippen LogP contribution in [0.4, 0.5) is 0 Å². The van der Waals surface area contributed by atoms with Crippen LogP contribution in [-0.4, -0.2) is 21.5 Å². The number of aliphatic hydroxyl groups is 1. The lowest BCUT2D eigenvalue weighted by molar-refractivity contribution is 0.183. The van der Waals surface area contributed by atoms with Crippen LogP contribution >= 0.6 is 0 Å². The highest BCUT2D eigenvalue weighted by Crippen LogP contribution is 2.24. The molecule has 0 heterocycles. The molecule has 0 radical (unpaired) electrons. The Labute approximate surface area is 69.9 Å². The average molecular weight is 169 g/mol. The molecule has 0 aliphatic carbocycles. The van der Waals surface area contributed by atoms with E-state index >= 15 is 0 Å². The summed E-state index contributed by atoms with van der Waals surface area (Å²) in [6, 6.07) is 4.31. The second kappa shape index (κ2) is 3.42. The van der Waals surface area contributed by atoms with E-state index in [1.165, 1.54) is 12.1 Å². The summed E-state index contributed by atoms with van der Waals surface area (Å²) in [5, 5.41) is 26.8. The predicted octanol–water partition coefficient (Wildman–Crippen LogP) is -0.0826. The molecule has 1 aromatic rings. The van der Waals surface area contributed by atoms with E-state index in [-0.39, 0.29) is 17.9 Å². The van der Waals surface area contributed by atoms with Gasteiger partial charge in [0.1, 0.15) is 6.23 Å². The monoisotopic (exact) mass is 169 g/mol. The van der Waals surface area contributed by atoms with Crippen LogP contribution in [0.5, 0.6) is 11.5 Å². The molecule has 5 N–H and O–H groups in total. The van der Waals surface area contributed by atoms with Crippen LogP contribution in [0.2, 0.25) is 0 Å². The van der Waals surface area contributed by atoms with Crippen LogP contribution in [0.3, 0.4) is 0 Å². The van der Waals surface area contributed by atoms with Gasteiger partial charge < -0.3 is 21.1 Å². The maximum atomic E-state index is 9.04. The van der Waals surface area contributed by atoms with Gasteiger partial charge in [-0.25, -0.2) is 0 Å². The van der Waals surface area contributed by atoms with Crippen LogP contribution < -0.4 is 5.73 Å². The molecule has 4 nitrogen and oxygen atoms in total. The van der Waals surface area contributed by atoms with Gasteiger partial charge in [-0.05, 0) is 17.7 Å². The summed E-state index contributed by atoms with van der Waals surface area (Å²) in [5.41, 5.74) is 5.80. The van der Waals surface area contributed by atoms with Gasteiger partial charge >= 0.3 is 0 Å². The van der Waals surface area contributed by atoms with Crippen molar-refractivity contribution in [2.45, 2.75) is 12.6 Å². The van der Waals surface area contributed by atoms with E-state index in [4.69, 9.17) is 21.1 Å². The Kier molecular flexibility index (Phi) is 2.52. The third-order valence-corrected chi connectivity index (χ3v) is 1.48. The average Bonchev–Trinajstić information content (AvgIpc) is 1.96. The van der Waals surface area contributed by atoms with E-state index < -0.39 is 6.23 Å². The molecule has 1 atom stereocenters. The van der Waals surface area contributed by atoms with Gasteiger partial charge in [0.25, 0.3) is 0 Å². The highest BCUT2D eigenvalue weighted by molar-refractivity contribution is 5.40. The quantitative estimate of drug-likeness (QED) is 0.368. The minimum absolute atomic E-state index is 0.176. The minimum atomic E-state index is -0.936. The van der Waals surface area contributed by atoms with Gasteiger partial charge in [0.05, 0.1) is 0 Å². The second-order valence-electron chi connectivity index (χ2n) is 2.59. The summed E-state index contributed by atoms with van der Waals surface area (Å²) in [6.07, 6.45) is -0.678. The fourth-order valence-corrected chi connectivity index (χ4v) is 0.937. The molecular formula is C8H11NO3. The summed E-state index contributed by atoms with van der Waals surface area (Å²) in [4.78, 5) is 0. The van der Waals surface area contributed by atoms with Crippen molar-refractivity contribution >= 4 is 0 Å². The molecule has 0 spiro atoms. The molecule has 0 aliphatic heterocycles. The molecule has 4 heteroatoms. The summed E-state index contributed by atoms with van der Waals surface area (Å²) in [5.74, 6) is -0.376. The molecule has 0 amide bonds. The summed E-state index contributed by atoms with van der Waals surface area (Å²) in [7, 11) is 0. The Morgan fingerprint density at radius 1 is 1.25 bits per heavy atom. The first kappa shape index (κ1) is 8.83. The standard InChI is InChI=1S/C8H11NO3/c9-8(12)4-5-1-2-6(10)7(11)3-5/h1-3,8,10-12H,4,9H2. The SMILES string of the molecule is NC(O)Cc1ccc(O)c(O)c1. The van der Waals surface area contributed by atoms with Crippen molar-refractivity contribution < 1.29 is 15.3 Å². The van der Waals surface area contributed by atoms with Crippen LogP contribution in [-0.2, 0) is 6.42 Å². The molecule has 0 saturated carbocycles. The first-order valence-electron chi connectivity index (χ1n) is 3.54. The fraction of sp³-hybridized carbons (Fsp3) is 0.250. The smallest absolute Gasteiger partial charge is 0.157 e. The molecule has 1 unspecified atom stereocenters. The molecular weight excluding hydrogens is 158 g/mol. The number of nitrogens with two attached hydrogens (primary N) is 1. The molecule has 0 bridgehead atoms. The molecule has 0 aromatic heterocycles. The maximum absolute atomic E-state index is 9.04. The van der Waals surface area contributed by atoms with Crippen molar-refractivity contribution in [3.8, 4) is 11.5 Å². The number of benzene rings is 1. The second-order valence-corrected chi connectivity index (χ2v) is 2.59. The Bertz CT molecular complexity index is 273. The lowest BCUT2D eigenvalue weighted by Gasteiger charge is -2.05. The Morgan fingerprint density at radius 2 is 1.92 bits per heavy atom. The van der Waals surface area contributed by atoms with Gasteiger partial charge in [-0.15, -0.1) is 0 Å². The third kappa shape index (κ3) is 2.11. The van der Waals surface area contributed by atoms with Crippen LogP contribution in [0.25, 0.3) is 0 Å². The molecule has 66 valence electrons. The maximum Gasteiger partial charge on any atom is 0.157 e. The zero-order valence-electron chi connectivity index (χ0n) is 6.44. The summed E-state index contributed by atoms with van der Waals surface area (Å²) < 4.78 is 0. The lowest BCUT2D eigenvalue weighted by Crippen LogP contribution is -2.21. The van der Waals surface area contributed by atoms with Crippen molar-refractivity contribution in [3.63, 3.8) is 0 Å². The Hall–Kier alpha value is -1.26. The molecule has 12 heavy (non-hydrogen) atoms. The number of hydrogen-bond donors (Lipinski definition) is 4. The fourth-order valence-electron chi connectivity index (χ4n) is 0.937. The van der Waals surface area contributed by atoms with Crippen molar-refractivity contribution in [3.05, 3.63) is 23.8 Å². The van der Waals surface area contributed by atoms with E-state index in [2.05, 4.69) is 0 Å². The van der Waals surface area contributed by atoms with E-state index in [1.807, 2.05) is 0 Å². The first-order valence-corrected chi connectivity index (χ1v) is 3.54. The number of hydrogen-bond acceptors (Lipinski definition) is 4. The highest BCUT2D eigenvalue weighted by Gasteiger charge is 2.02. The van der Waals surface area contributed by atoms with Gasteiger partial charge in [-0.3, -0.25) is 0 Å². The Morgan fingerprint density at radius 3 is 2.42 bits per heavy atom. The lowest BCUT2D eigenvalue weighted by atomic mass is 10.1. The van der Waals surface area contributed by atoms with Crippen molar-refractivity contribution in [1.29, 1.82) is 0 Å². The zero-order valence-corrected chi connectivity index (χ0v) is 6.44. The van der Waals surface area contributed by atoms with Crippen molar-refractivity contribution in [2.75, 3.05) is 0 Å². The van der Waals surface area contributed by atoms with Gasteiger partial charge in [-0.2, -0.15) is 0 Å². The van der Waals surface area contributed by atoms with Gasteiger partial charge in [0, 0.05) is 6.42 Å². The highest BCUT2D eigenvalue weighted by atomic mass is 16.3. The first-order chi connectivity index (χ1) is 5.59. The van der Waals surface area contributed by atoms with Crippen LogP contribution in [0.15, 0.2) is 18.2 Å². The molecule has 0 fully saturated rings. The van der Waals surface area contributed by atoms with Gasteiger partial charge in [0.15, 0.2) is 11.5 Å². The van der Waals surface area contributed by atoms with E-state index in [0.717, 1.165) is 0 Å². The summed E-state index contributed by atoms with van der Waals surface area (Å²) >= 11 is 0. The topological polar surface area (TPSA) is 86.7 Å². The molecule has 0 aliphatic rings. The van der Waals surface area contributed by atoms with E-state index in [1.54, 1.807) is 6.07 Å². The van der Waals surface area contributed by atoms with E-state index in [9.17, 15) is 0 Å². The normalized spacial score (nSPS) is 12.8. The van der Waals surface area contributed by atoms with Gasteiger partial charge in [-0.1, -0.05) is 6.07 Å². The van der Waals surface area contributed by atoms with Crippen LogP contribution in [0.1, 0.15) is 5.56 Å². The largest absolute Gasteiger partial charge is 0.504 e. The van der Waals surface area contributed by atoms with Crippen LogP contribution in [0, 0.1) is 0 Å². The predicted molar refractivity (Wildman–Crippen MR) is 43.7 cm³/mol. The Balaban J connectivity index is 2.82.